The van der Waals surface area contributed by atoms with E-state index in [4.69, 9.17) is 4.98 Å². The van der Waals surface area contributed by atoms with E-state index in [1.807, 2.05) is 0 Å². The maximum absolute atomic E-state index is 12.4. The average molecular weight is 503 g/mol. The van der Waals surface area contributed by atoms with Crippen LogP contribution in [0.3, 0.4) is 0 Å². The van der Waals surface area contributed by atoms with Gasteiger partial charge in [0.25, 0.3) is 5.69 Å². The largest absolute Gasteiger partial charge is 0.344 e. The van der Waals surface area contributed by atoms with Gasteiger partial charge in [-0.25, -0.2) is 18.1 Å². The first-order chi connectivity index (χ1) is 16.3. The summed E-state index contributed by atoms with van der Waals surface area (Å²) in [5.41, 5.74) is 2.28. The van der Waals surface area contributed by atoms with E-state index in [2.05, 4.69) is 50.1 Å². The number of nitrogens with zero attached hydrogens (tertiary/aromatic N) is 5. The number of nitro groups is 1. The predicted molar refractivity (Wildman–Crippen MR) is 131 cm³/mol. The Morgan fingerprint density at radius 2 is 1.74 bits per heavy atom. The van der Waals surface area contributed by atoms with Crippen LogP contribution in [0.4, 0.5) is 10.8 Å². The Balaban J connectivity index is 1.22. The van der Waals surface area contributed by atoms with Crippen molar-refractivity contribution in [2.24, 2.45) is 0 Å². The van der Waals surface area contributed by atoms with E-state index in [0.717, 1.165) is 37.1 Å². The summed E-state index contributed by atoms with van der Waals surface area (Å²) in [6.45, 7) is 6.10. The molecule has 1 saturated heterocycles. The molecule has 1 aliphatic rings. The van der Waals surface area contributed by atoms with Crippen molar-refractivity contribution >= 4 is 32.4 Å². The van der Waals surface area contributed by atoms with Crippen LogP contribution in [0, 0.1) is 17.0 Å². The molecule has 0 spiro atoms. The van der Waals surface area contributed by atoms with Crippen LogP contribution in [0.25, 0.3) is 0 Å². The maximum Gasteiger partial charge on any atom is 0.269 e. The van der Waals surface area contributed by atoms with Crippen molar-refractivity contribution in [1.82, 2.24) is 19.0 Å². The molecule has 0 saturated carbocycles. The van der Waals surface area contributed by atoms with Crippen LogP contribution >= 0.6 is 11.5 Å². The van der Waals surface area contributed by atoms with Crippen molar-refractivity contribution in [2.75, 3.05) is 44.2 Å². The number of sulfonamides is 1. The molecule has 2 aromatic carbocycles. The lowest BCUT2D eigenvalue weighted by atomic mass is 10.1. The molecule has 0 radical (unpaired) electrons. The normalized spacial score (nSPS) is 14.9. The molecular formula is C22H26N6O4S2. The summed E-state index contributed by atoms with van der Waals surface area (Å²) in [7, 11) is -3.71. The third-order valence-electron chi connectivity index (χ3n) is 5.66. The molecule has 0 amide bonds. The molecule has 1 N–H and O–H groups in total. The second kappa shape index (κ2) is 10.6. The number of piperazine rings is 1. The average Bonchev–Trinajstić information content (AvgIpc) is 3.29. The molecule has 3 aromatic rings. The summed E-state index contributed by atoms with van der Waals surface area (Å²) in [5, 5.41) is 11.7. The Kier molecular flexibility index (Phi) is 7.51. The smallest absolute Gasteiger partial charge is 0.269 e. The first-order valence-corrected chi connectivity index (χ1v) is 13.2. The summed E-state index contributed by atoms with van der Waals surface area (Å²) in [5.74, 6) is 0.826. The van der Waals surface area contributed by atoms with Gasteiger partial charge in [0.15, 0.2) is 0 Å². The summed E-state index contributed by atoms with van der Waals surface area (Å²) in [6, 6.07) is 13.3. The molecule has 1 fully saturated rings. The SMILES string of the molecule is Cc1ccc(Cc2nsc(N3CCN(CCNS(=O)(=O)c4ccc([N+](=O)[O-])cc4)CC3)n2)cc1. The Morgan fingerprint density at radius 3 is 2.38 bits per heavy atom. The van der Waals surface area contributed by atoms with Crippen molar-refractivity contribution in [3.8, 4) is 0 Å². The van der Waals surface area contributed by atoms with Gasteiger partial charge in [0.1, 0.15) is 5.82 Å². The van der Waals surface area contributed by atoms with Crippen molar-refractivity contribution in [1.29, 1.82) is 0 Å². The second-order valence-corrected chi connectivity index (χ2v) is 10.6. The van der Waals surface area contributed by atoms with Crippen LogP contribution in [-0.4, -0.2) is 66.9 Å². The van der Waals surface area contributed by atoms with E-state index < -0.39 is 14.9 Å². The Hall–Kier alpha value is -2.93. The molecule has 1 aromatic heterocycles. The minimum atomic E-state index is -3.71. The summed E-state index contributed by atoms with van der Waals surface area (Å²) in [6.07, 6.45) is 0.714. The third kappa shape index (κ3) is 6.14. The molecule has 34 heavy (non-hydrogen) atoms. The predicted octanol–water partition coefficient (Wildman–Crippen LogP) is 2.45. The van der Waals surface area contributed by atoms with Gasteiger partial charge in [0.2, 0.25) is 15.2 Å². The number of non-ortho nitro benzene ring substituents is 1. The van der Waals surface area contributed by atoms with E-state index in [1.165, 1.54) is 46.9 Å². The molecule has 0 aliphatic carbocycles. The van der Waals surface area contributed by atoms with Crippen molar-refractivity contribution < 1.29 is 13.3 Å². The van der Waals surface area contributed by atoms with Crippen LogP contribution in [0.2, 0.25) is 0 Å². The minimum absolute atomic E-state index is 0.0145. The number of rotatable bonds is 9. The fourth-order valence-electron chi connectivity index (χ4n) is 3.66. The fourth-order valence-corrected chi connectivity index (χ4v) is 5.42. The van der Waals surface area contributed by atoms with Gasteiger partial charge < -0.3 is 4.90 Å². The molecule has 12 heteroatoms. The quantitative estimate of drug-likeness (QED) is 0.350. The zero-order chi connectivity index (χ0) is 24.1. The maximum atomic E-state index is 12.4. The van der Waals surface area contributed by atoms with E-state index >= 15 is 0 Å². The van der Waals surface area contributed by atoms with Gasteiger partial charge >= 0.3 is 0 Å². The van der Waals surface area contributed by atoms with Gasteiger partial charge in [-0.15, -0.1) is 0 Å². The molecule has 0 atom stereocenters. The highest BCUT2D eigenvalue weighted by atomic mass is 32.2. The standard InChI is InChI=1S/C22H26N6O4S2/c1-17-2-4-18(5-3-17)16-21-24-22(33-25-21)27-14-12-26(13-15-27)11-10-23-34(31,32)20-8-6-19(7-9-20)28(29)30/h2-9,23H,10-16H2,1H3. The lowest BCUT2D eigenvalue weighted by Crippen LogP contribution is -2.48. The molecule has 1 aliphatic heterocycles. The van der Waals surface area contributed by atoms with E-state index in [0.29, 0.717) is 13.0 Å². The van der Waals surface area contributed by atoms with Crippen LogP contribution in [0.15, 0.2) is 53.4 Å². The number of hydrogen-bond donors (Lipinski definition) is 1. The number of aromatic nitrogens is 2. The summed E-state index contributed by atoms with van der Waals surface area (Å²) >= 11 is 1.41. The first-order valence-electron chi connectivity index (χ1n) is 10.9. The van der Waals surface area contributed by atoms with Crippen LogP contribution in [-0.2, 0) is 16.4 Å². The number of nitrogens with one attached hydrogen (secondary N) is 1. The zero-order valence-electron chi connectivity index (χ0n) is 18.8. The highest BCUT2D eigenvalue weighted by molar-refractivity contribution is 7.89. The molecule has 180 valence electrons. The molecule has 10 nitrogen and oxygen atoms in total. The van der Waals surface area contributed by atoms with E-state index in [9.17, 15) is 18.5 Å². The molecule has 2 heterocycles. The minimum Gasteiger partial charge on any atom is -0.344 e. The Morgan fingerprint density at radius 1 is 1.06 bits per heavy atom. The number of hydrogen-bond acceptors (Lipinski definition) is 9. The Bertz CT molecular complexity index is 1220. The highest BCUT2D eigenvalue weighted by Crippen LogP contribution is 2.21. The van der Waals surface area contributed by atoms with Crippen molar-refractivity contribution in [3.05, 3.63) is 75.6 Å². The van der Waals surface area contributed by atoms with Crippen LogP contribution < -0.4 is 9.62 Å². The third-order valence-corrected chi connectivity index (χ3v) is 7.95. The Labute approximate surface area is 202 Å². The topological polar surface area (TPSA) is 122 Å². The lowest BCUT2D eigenvalue weighted by Gasteiger charge is -2.34. The van der Waals surface area contributed by atoms with Gasteiger partial charge in [-0.1, -0.05) is 29.8 Å². The molecule has 4 rings (SSSR count). The van der Waals surface area contributed by atoms with Gasteiger partial charge in [0, 0.05) is 69.4 Å². The van der Waals surface area contributed by atoms with Gasteiger partial charge in [-0.05, 0) is 24.6 Å². The molecule has 0 unspecified atom stereocenters. The van der Waals surface area contributed by atoms with Gasteiger partial charge in [0.05, 0.1) is 9.82 Å². The second-order valence-electron chi connectivity index (χ2n) is 8.13. The van der Waals surface area contributed by atoms with Crippen LogP contribution in [0.1, 0.15) is 17.0 Å². The number of anilines is 1. The number of nitro benzene ring substituents is 1. The first kappa shape index (κ1) is 24.2. The highest BCUT2D eigenvalue weighted by Gasteiger charge is 2.21. The monoisotopic (exact) mass is 502 g/mol. The van der Waals surface area contributed by atoms with Crippen molar-refractivity contribution in [2.45, 2.75) is 18.2 Å². The lowest BCUT2D eigenvalue weighted by molar-refractivity contribution is -0.384. The van der Waals surface area contributed by atoms with E-state index in [-0.39, 0.29) is 17.1 Å². The number of benzene rings is 2. The zero-order valence-corrected chi connectivity index (χ0v) is 20.4. The van der Waals surface area contributed by atoms with Crippen molar-refractivity contribution in [3.63, 3.8) is 0 Å². The fraction of sp³-hybridized carbons (Fsp3) is 0.364. The van der Waals surface area contributed by atoms with Gasteiger partial charge in [-0.3, -0.25) is 15.0 Å². The van der Waals surface area contributed by atoms with E-state index in [1.54, 1.807) is 0 Å². The molecule has 0 bridgehead atoms. The summed E-state index contributed by atoms with van der Waals surface area (Å²) < 4.78 is 31.9. The summed E-state index contributed by atoms with van der Waals surface area (Å²) in [4.78, 5) is 19.3. The van der Waals surface area contributed by atoms with Gasteiger partial charge in [-0.2, -0.15) is 4.37 Å². The van der Waals surface area contributed by atoms with Crippen LogP contribution in [0.5, 0.6) is 0 Å². The number of aryl methyl sites for hydroxylation is 1. The molecular weight excluding hydrogens is 476 g/mol.